The minimum atomic E-state index is -3.77. The van der Waals surface area contributed by atoms with Gasteiger partial charge in [0.2, 0.25) is 21.8 Å². The topological polar surface area (TPSA) is 86.8 Å². The second-order valence-corrected chi connectivity index (χ2v) is 11.5. The molecule has 2 aromatic carbocycles. The Kier molecular flexibility index (Phi) is 8.79. The third kappa shape index (κ3) is 7.91. The molecule has 0 radical (unpaired) electrons. The molecule has 1 N–H and O–H groups in total. The van der Waals surface area contributed by atoms with Gasteiger partial charge in [-0.1, -0.05) is 47.5 Å². The maximum absolute atomic E-state index is 13.4. The predicted octanol–water partition coefficient (Wildman–Crippen LogP) is 4.09. The van der Waals surface area contributed by atoms with Crippen LogP contribution in [-0.2, 0) is 26.2 Å². The number of sulfonamides is 1. The molecular weight excluding hydrogens is 485 g/mol. The SMILES string of the molecule is CC(C(=O)NC(C)(C)C)N(Cc1ccc(Cl)cc1Cl)C(=O)CN(c1ccccc1)S(C)(=O)=O. The second-order valence-electron chi connectivity index (χ2n) is 8.78. The van der Waals surface area contributed by atoms with Gasteiger partial charge >= 0.3 is 0 Å². The Labute approximate surface area is 205 Å². The highest BCUT2D eigenvalue weighted by Gasteiger charge is 2.31. The number of carbonyl (C=O) groups is 2. The van der Waals surface area contributed by atoms with Crippen molar-refractivity contribution in [3.05, 3.63) is 64.1 Å². The molecule has 0 saturated heterocycles. The van der Waals surface area contributed by atoms with E-state index < -0.39 is 34.1 Å². The van der Waals surface area contributed by atoms with Gasteiger partial charge in [-0.3, -0.25) is 13.9 Å². The highest BCUT2D eigenvalue weighted by atomic mass is 35.5. The summed E-state index contributed by atoms with van der Waals surface area (Å²) in [4.78, 5) is 27.7. The highest BCUT2D eigenvalue weighted by molar-refractivity contribution is 7.92. The Balaban J connectivity index is 2.42. The van der Waals surface area contributed by atoms with Crippen LogP contribution in [0.15, 0.2) is 48.5 Å². The first-order chi connectivity index (χ1) is 15.2. The van der Waals surface area contributed by atoms with Crippen molar-refractivity contribution >= 4 is 50.7 Å². The summed E-state index contributed by atoms with van der Waals surface area (Å²) in [5.41, 5.74) is 0.418. The van der Waals surface area contributed by atoms with E-state index in [4.69, 9.17) is 23.2 Å². The van der Waals surface area contributed by atoms with Gasteiger partial charge in [-0.15, -0.1) is 0 Å². The van der Waals surface area contributed by atoms with E-state index in [2.05, 4.69) is 5.32 Å². The molecule has 0 fully saturated rings. The number of hydrogen-bond acceptors (Lipinski definition) is 4. The number of halogens is 2. The standard InChI is InChI=1S/C23H29Cl2N3O4S/c1-16(22(30)26-23(2,3)4)27(14-17-11-12-18(24)13-20(17)25)21(29)15-28(33(5,31)32)19-9-7-6-8-10-19/h6-13,16H,14-15H2,1-5H3,(H,26,30). The molecule has 0 saturated carbocycles. The molecule has 1 unspecified atom stereocenters. The van der Waals surface area contributed by atoms with Crippen molar-refractivity contribution < 1.29 is 18.0 Å². The normalized spacial score (nSPS) is 12.7. The highest BCUT2D eigenvalue weighted by Crippen LogP contribution is 2.24. The predicted molar refractivity (Wildman–Crippen MR) is 133 cm³/mol. The van der Waals surface area contributed by atoms with Crippen molar-refractivity contribution in [1.29, 1.82) is 0 Å². The van der Waals surface area contributed by atoms with E-state index in [1.807, 2.05) is 20.8 Å². The summed E-state index contributed by atoms with van der Waals surface area (Å²) >= 11 is 12.3. The third-order valence-corrected chi connectivity index (χ3v) is 6.47. The summed E-state index contributed by atoms with van der Waals surface area (Å²) in [6.45, 7) is 6.62. The zero-order chi connectivity index (χ0) is 25.0. The maximum atomic E-state index is 13.4. The molecule has 0 aliphatic rings. The molecule has 7 nitrogen and oxygen atoms in total. The Morgan fingerprint density at radius 3 is 2.18 bits per heavy atom. The van der Waals surface area contributed by atoms with Gasteiger partial charge < -0.3 is 10.2 Å². The maximum Gasteiger partial charge on any atom is 0.244 e. The zero-order valence-corrected chi connectivity index (χ0v) is 21.6. The Morgan fingerprint density at radius 2 is 1.67 bits per heavy atom. The van der Waals surface area contributed by atoms with Crippen molar-refractivity contribution in [1.82, 2.24) is 10.2 Å². The Morgan fingerprint density at radius 1 is 1.06 bits per heavy atom. The number of para-hydroxylation sites is 1. The monoisotopic (exact) mass is 513 g/mol. The van der Waals surface area contributed by atoms with Crippen LogP contribution in [-0.4, -0.2) is 49.5 Å². The summed E-state index contributed by atoms with van der Waals surface area (Å²) in [5, 5.41) is 3.64. The van der Waals surface area contributed by atoms with Crippen molar-refractivity contribution in [2.75, 3.05) is 17.1 Å². The van der Waals surface area contributed by atoms with Crippen LogP contribution in [0.4, 0.5) is 5.69 Å². The summed E-state index contributed by atoms with van der Waals surface area (Å²) in [6, 6.07) is 12.3. The zero-order valence-electron chi connectivity index (χ0n) is 19.3. The molecule has 0 spiro atoms. The van der Waals surface area contributed by atoms with E-state index in [0.717, 1.165) is 10.6 Å². The number of hydrogen-bond donors (Lipinski definition) is 1. The van der Waals surface area contributed by atoms with Crippen LogP contribution in [0.2, 0.25) is 10.0 Å². The van der Waals surface area contributed by atoms with Gasteiger partial charge in [0.1, 0.15) is 12.6 Å². The van der Waals surface area contributed by atoms with Gasteiger partial charge in [-0.25, -0.2) is 8.42 Å². The number of nitrogens with zero attached hydrogens (tertiary/aromatic N) is 2. The van der Waals surface area contributed by atoms with Crippen molar-refractivity contribution in [3.63, 3.8) is 0 Å². The second kappa shape index (κ2) is 10.8. The first-order valence-corrected chi connectivity index (χ1v) is 12.9. The molecule has 2 rings (SSSR count). The lowest BCUT2D eigenvalue weighted by Crippen LogP contribution is -2.54. The molecule has 0 bridgehead atoms. The van der Waals surface area contributed by atoms with Crippen LogP contribution < -0.4 is 9.62 Å². The summed E-state index contributed by atoms with van der Waals surface area (Å²) in [5.74, 6) is -0.918. The van der Waals surface area contributed by atoms with Crippen molar-refractivity contribution in [2.24, 2.45) is 0 Å². The molecule has 2 amide bonds. The number of benzene rings is 2. The van der Waals surface area contributed by atoms with Gasteiger partial charge in [-0.05, 0) is 57.5 Å². The van der Waals surface area contributed by atoms with Crippen LogP contribution in [0.3, 0.4) is 0 Å². The molecule has 0 aromatic heterocycles. The van der Waals surface area contributed by atoms with Gasteiger partial charge in [0, 0.05) is 22.1 Å². The fraction of sp³-hybridized carbons (Fsp3) is 0.391. The van der Waals surface area contributed by atoms with E-state index in [1.54, 1.807) is 55.5 Å². The number of carbonyl (C=O) groups excluding carboxylic acids is 2. The molecule has 0 heterocycles. The van der Waals surface area contributed by atoms with E-state index in [1.165, 1.54) is 4.90 Å². The Hall–Kier alpha value is -2.29. The summed E-state index contributed by atoms with van der Waals surface area (Å²) in [6.07, 6.45) is 1.03. The van der Waals surface area contributed by atoms with Crippen LogP contribution >= 0.6 is 23.2 Å². The molecule has 0 aliphatic carbocycles. The minimum absolute atomic E-state index is 0.0000430. The first-order valence-electron chi connectivity index (χ1n) is 10.3. The van der Waals surface area contributed by atoms with E-state index >= 15 is 0 Å². The van der Waals surface area contributed by atoms with E-state index in [0.29, 0.717) is 21.3 Å². The lowest BCUT2D eigenvalue weighted by atomic mass is 10.1. The first kappa shape index (κ1) is 27.0. The molecule has 180 valence electrons. The van der Waals surface area contributed by atoms with Gasteiger partial charge in [0.15, 0.2) is 0 Å². The number of anilines is 1. The van der Waals surface area contributed by atoms with E-state index in [9.17, 15) is 18.0 Å². The third-order valence-electron chi connectivity index (χ3n) is 4.74. The van der Waals surface area contributed by atoms with Crippen molar-refractivity contribution in [3.8, 4) is 0 Å². The quantitative estimate of drug-likeness (QED) is 0.575. The average molecular weight is 514 g/mol. The lowest BCUT2D eigenvalue weighted by molar-refractivity contribution is -0.140. The Bertz CT molecular complexity index is 1100. The molecule has 1 atom stereocenters. The molecule has 10 heteroatoms. The van der Waals surface area contributed by atoms with E-state index in [-0.39, 0.29) is 12.5 Å². The van der Waals surface area contributed by atoms with Gasteiger partial charge in [-0.2, -0.15) is 0 Å². The lowest BCUT2D eigenvalue weighted by Gasteiger charge is -2.33. The number of amides is 2. The number of rotatable bonds is 8. The average Bonchev–Trinajstić information content (AvgIpc) is 2.69. The minimum Gasteiger partial charge on any atom is -0.350 e. The summed E-state index contributed by atoms with van der Waals surface area (Å²) < 4.78 is 26.0. The summed E-state index contributed by atoms with van der Waals surface area (Å²) in [7, 11) is -3.77. The molecule has 0 aliphatic heterocycles. The smallest absolute Gasteiger partial charge is 0.244 e. The molecular formula is C23H29Cl2N3O4S. The van der Waals surface area contributed by atoms with Crippen LogP contribution in [0.1, 0.15) is 33.3 Å². The van der Waals surface area contributed by atoms with Gasteiger partial charge in [0.05, 0.1) is 11.9 Å². The number of nitrogens with one attached hydrogen (secondary N) is 1. The van der Waals surface area contributed by atoms with Crippen LogP contribution in [0.25, 0.3) is 0 Å². The largest absolute Gasteiger partial charge is 0.350 e. The van der Waals surface area contributed by atoms with Gasteiger partial charge in [0.25, 0.3) is 0 Å². The van der Waals surface area contributed by atoms with Crippen LogP contribution in [0, 0.1) is 0 Å². The molecule has 2 aromatic rings. The van der Waals surface area contributed by atoms with Crippen molar-refractivity contribution in [2.45, 2.75) is 45.8 Å². The fourth-order valence-corrected chi connectivity index (χ4v) is 4.42. The molecule has 33 heavy (non-hydrogen) atoms. The van der Waals surface area contributed by atoms with Crippen LogP contribution in [0.5, 0.6) is 0 Å². The fourth-order valence-electron chi connectivity index (χ4n) is 3.10.